The molecule has 0 spiro atoms. The van der Waals surface area contributed by atoms with Crippen LogP contribution in [0.5, 0.6) is 0 Å². The van der Waals surface area contributed by atoms with E-state index in [9.17, 15) is 9.59 Å². The Balaban J connectivity index is 1.92. The molecule has 1 aromatic carbocycles. The predicted molar refractivity (Wildman–Crippen MR) is 72.7 cm³/mol. The zero-order chi connectivity index (χ0) is 14.1. The monoisotopic (exact) mass is 274 g/mol. The normalized spacial score (nSPS) is 25.3. The number of rotatable bonds is 2. The molecule has 0 aliphatic carbocycles. The minimum Gasteiger partial charge on any atom is -0.381 e. The van der Waals surface area contributed by atoms with Crippen LogP contribution in [0.15, 0.2) is 24.3 Å². The molecular formula is C15H18N2O3. The molecule has 106 valence electrons. The van der Waals surface area contributed by atoms with Crippen molar-refractivity contribution in [3.05, 3.63) is 35.4 Å². The van der Waals surface area contributed by atoms with E-state index < -0.39 is 11.9 Å². The smallest absolute Gasteiger partial charge is 0.244 e. The maximum Gasteiger partial charge on any atom is 0.244 e. The molecule has 0 bridgehead atoms. The lowest BCUT2D eigenvalue weighted by Crippen LogP contribution is -2.48. The zero-order valence-corrected chi connectivity index (χ0v) is 11.2. The van der Waals surface area contributed by atoms with Gasteiger partial charge in [-0.15, -0.1) is 0 Å². The van der Waals surface area contributed by atoms with Gasteiger partial charge in [-0.05, 0) is 24.0 Å². The van der Waals surface area contributed by atoms with Crippen LogP contribution in [-0.2, 0) is 20.7 Å². The number of benzene rings is 1. The van der Waals surface area contributed by atoms with E-state index >= 15 is 0 Å². The van der Waals surface area contributed by atoms with Crippen molar-refractivity contribution in [3.8, 4) is 0 Å². The molecule has 3 rings (SSSR count). The minimum atomic E-state index is -0.645. The molecule has 1 fully saturated rings. The van der Waals surface area contributed by atoms with Gasteiger partial charge in [-0.1, -0.05) is 24.3 Å². The Morgan fingerprint density at radius 2 is 2.10 bits per heavy atom. The van der Waals surface area contributed by atoms with E-state index in [-0.39, 0.29) is 11.8 Å². The maximum absolute atomic E-state index is 12.6. The molecule has 1 aromatic rings. The van der Waals surface area contributed by atoms with Gasteiger partial charge in [0.05, 0.1) is 12.5 Å². The molecule has 0 radical (unpaired) electrons. The van der Waals surface area contributed by atoms with Crippen molar-refractivity contribution < 1.29 is 14.3 Å². The fraction of sp³-hybridized carbons (Fsp3) is 0.467. The quantitative estimate of drug-likeness (QED) is 0.860. The highest BCUT2D eigenvalue weighted by atomic mass is 16.5. The standard InChI is InChI=1S/C15H18N2O3/c16-14(18)13-12-4-2-1-3-10(12)5-7-17(13)15(19)11-6-8-20-9-11/h1-4,11,13H,5-9H2,(H2,16,18). The van der Waals surface area contributed by atoms with Crippen LogP contribution in [0.3, 0.4) is 0 Å². The second-order valence-electron chi connectivity index (χ2n) is 5.35. The molecule has 0 saturated carbocycles. The molecule has 5 heteroatoms. The van der Waals surface area contributed by atoms with E-state index in [2.05, 4.69) is 0 Å². The first-order valence-electron chi connectivity index (χ1n) is 6.94. The van der Waals surface area contributed by atoms with Gasteiger partial charge in [-0.25, -0.2) is 0 Å². The first-order chi connectivity index (χ1) is 9.68. The molecular weight excluding hydrogens is 256 g/mol. The fourth-order valence-corrected chi connectivity index (χ4v) is 3.07. The van der Waals surface area contributed by atoms with Crippen LogP contribution in [0.4, 0.5) is 0 Å². The average molecular weight is 274 g/mol. The van der Waals surface area contributed by atoms with Crippen molar-refractivity contribution in [2.24, 2.45) is 11.7 Å². The summed E-state index contributed by atoms with van der Waals surface area (Å²) in [4.78, 5) is 26.0. The molecule has 2 atom stereocenters. The summed E-state index contributed by atoms with van der Waals surface area (Å²) in [5.74, 6) is -0.618. The predicted octanol–water partition coefficient (Wildman–Crippen LogP) is 0.634. The molecule has 2 aliphatic rings. The van der Waals surface area contributed by atoms with Gasteiger partial charge >= 0.3 is 0 Å². The Labute approximate surface area is 117 Å². The van der Waals surface area contributed by atoms with Crippen LogP contribution >= 0.6 is 0 Å². The van der Waals surface area contributed by atoms with Crippen LogP contribution in [0.2, 0.25) is 0 Å². The van der Waals surface area contributed by atoms with Gasteiger partial charge in [0.15, 0.2) is 0 Å². The molecule has 20 heavy (non-hydrogen) atoms. The maximum atomic E-state index is 12.6. The van der Waals surface area contributed by atoms with Gasteiger partial charge in [0.25, 0.3) is 0 Å². The molecule has 2 N–H and O–H groups in total. The van der Waals surface area contributed by atoms with Crippen molar-refractivity contribution in [2.75, 3.05) is 19.8 Å². The summed E-state index contributed by atoms with van der Waals surface area (Å²) in [6.45, 7) is 1.60. The van der Waals surface area contributed by atoms with E-state index in [4.69, 9.17) is 10.5 Å². The summed E-state index contributed by atoms with van der Waals surface area (Å²) >= 11 is 0. The molecule has 1 saturated heterocycles. The number of hydrogen-bond acceptors (Lipinski definition) is 3. The Kier molecular flexibility index (Phi) is 3.44. The summed E-state index contributed by atoms with van der Waals surface area (Å²) < 4.78 is 5.27. The largest absolute Gasteiger partial charge is 0.381 e. The highest BCUT2D eigenvalue weighted by Gasteiger charge is 2.38. The van der Waals surface area contributed by atoms with Crippen molar-refractivity contribution in [3.63, 3.8) is 0 Å². The fourth-order valence-electron chi connectivity index (χ4n) is 3.07. The van der Waals surface area contributed by atoms with Gasteiger partial charge in [0, 0.05) is 13.2 Å². The number of carbonyl (C=O) groups excluding carboxylic acids is 2. The average Bonchev–Trinajstić information content (AvgIpc) is 2.99. The number of nitrogens with two attached hydrogens (primary N) is 1. The van der Waals surface area contributed by atoms with Crippen molar-refractivity contribution in [2.45, 2.75) is 18.9 Å². The van der Waals surface area contributed by atoms with Crippen molar-refractivity contribution in [1.29, 1.82) is 0 Å². The number of carbonyl (C=O) groups is 2. The SMILES string of the molecule is NC(=O)C1c2ccccc2CCN1C(=O)C1CCOC1. The third kappa shape index (κ3) is 2.18. The van der Waals surface area contributed by atoms with Gasteiger partial charge in [-0.2, -0.15) is 0 Å². The molecule has 5 nitrogen and oxygen atoms in total. The Hall–Kier alpha value is -1.88. The Morgan fingerprint density at radius 3 is 2.80 bits per heavy atom. The second kappa shape index (κ2) is 5.25. The number of primary amides is 1. The zero-order valence-electron chi connectivity index (χ0n) is 11.2. The number of hydrogen-bond donors (Lipinski definition) is 1. The summed E-state index contributed by atoms with van der Waals surface area (Å²) in [7, 11) is 0. The molecule has 2 unspecified atom stereocenters. The number of fused-ring (bicyclic) bond motifs is 1. The number of amides is 2. The third-order valence-electron chi connectivity index (χ3n) is 4.11. The van der Waals surface area contributed by atoms with Crippen molar-refractivity contribution in [1.82, 2.24) is 4.90 Å². The summed E-state index contributed by atoms with van der Waals surface area (Å²) in [5.41, 5.74) is 7.50. The highest BCUT2D eigenvalue weighted by molar-refractivity contribution is 5.89. The second-order valence-corrected chi connectivity index (χ2v) is 5.35. The number of nitrogens with zero attached hydrogens (tertiary/aromatic N) is 1. The lowest BCUT2D eigenvalue weighted by atomic mass is 9.91. The van der Waals surface area contributed by atoms with E-state index in [1.165, 1.54) is 0 Å². The topological polar surface area (TPSA) is 72.6 Å². The van der Waals surface area contributed by atoms with E-state index in [1.54, 1.807) is 4.90 Å². The van der Waals surface area contributed by atoms with Crippen LogP contribution in [0.1, 0.15) is 23.6 Å². The third-order valence-corrected chi connectivity index (χ3v) is 4.11. The molecule has 2 amide bonds. The van der Waals surface area contributed by atoms with Crippen LogP contribution in [0, 0.1) is 5.92 Å². The van der Waals surface area contributed by atoms with Gasteiger partial charge < -0.3 is 15.4 Å². The van der Waals surface area contributed by atoms with Crippen LogP contribution in [0.25, 0.3) is 0 Å². The Bertz CT molecular complexity index is 538. The first-order valence-corrected chi connectivity index (χ1v) is 6.94. The van der Waals surface area contributed by atoms with Crippen LogP contribution in [-0.4, -0.2) is 36.5 Å². The van der Waals surface area contributed by atoms with E-state index in [0.29, 0.717) is 19.8 Å². The van der Waals surface area contributed by atoms with Gasteiger partial charge in [-0.3, -0.25) is 9.59 Å². The molecule has 2 heterocycles. The lowest BCUT2D eigenvalue weighted by Gasteiger charge is -2.36. The molecule has 2 aliphatic heterocycles. The Morgan fingerprint density at radius 1 is 1.30 bits per heavy atom. The summed E-state index contributed by atoms with van der Waals surface area (Å²) in [5, 5.41) is 0. The van der Waals surface area contributed by atoms with E-state index in [0.717, 1.165) is 24.0 Å². The van der Waals surface area contributed by atoms with Gasteiger partial charge in [0.2, 0.25) is 11.8 Å². The highest BCUT2D eigenvalue weighted by Crippen LogP contribution is 2.31. The van der Waals surface area contributed by atoms with Gasteiger partial charge in [0.1, 0.15) is 6.04 Å². The minimum absolute atomic E-state index is 0.0131. The lowest BCUT2D eigenvalue weighted by molar-refractivity contribution is -0.143. The molecule has 0 aromatic heterocycles. The first kappa shape index (κ1) is 13.1. The number of ether oxygens (including phenoxy) is 1. The van der Waals surface area contributed by atoms with Crippen molar-refractivity contribution >= 4 is 11.8 Å². The van der Waals surface area contributed by atoms with Crippen LogP contribution < -0.4 is 5.73 Å². The summed E-state index contributed by atoms with van der Waals surface area (Å²) in [6.07, 6.45) is 1.49. The summed E-state index contributed by atoms with van der Waals surface area (Å²) in [6, 6.07) is 7.05. The van der Waals surface area contributed by atoms with E-state index in [1.807, 2.05) is 24.3 Å².